The van der Waals surface area contributed by atoms with Gasteiger partial charge in [-0.1, -0.05) is 0 Å². The van der Waals surface area contributed by atoms with Crippen molar-refractivity contribution < 1.29 is 14.6 Å². The lowest BCUT2D eigenvalue weighted by Gasteiger charge is -2.00. The van der Waals surface area contributed by atoms with Crippen LogP contribution < -0.4 is 0 Å². The number of nitrogens with one attached hydrogen (secondary N) is 1. The van der Waals surface area contributed by atoms with E-state index in [4.69, 9.17) is 4.42 Å². The average Bonchev–Trinajstić information content (AvgIpc) is 2.82. The zero-order valence-electron chi connectivity index (χ0n) is 7.11. The molecule has 0 radical (unpaired) electrons. The summed E-state index contributed by atoms with van der Waals surface area (Å²) >= 11 is 0. The number of aromatic amines is 1. The minimum Gasteiger partial charge on any atom is -0.506 e. The first-order valence-electron chi connectivity index (χ1n) is 4.17. The van der Waals surface area contributed by atoms with Crippen LogP contribution >= 0.6 is 0 Å². The molecule has 3 rings (SSSR count). The molecule has 4 nitrogen and oxygen atoms in total. The van der Waals surface area contributed by atoms with Crippen LogP contribution in [0.1, 0.15) is 0 Å². The highest BCUT2D eigenvalue weighted by Crippen LogP contribution is 2.40. The molecule has 0 aliphatic carbocycles. The number of rotatable bonds is 0. The van der Waals surface area contributed by atoms with Crippen LogP contribution in [-0.4, -0.2) is 15.2 Å². The normalized spacial score (nSPS) is 11.4. The Labute approximate surface area is 78.4 Å². The molecular formula is C10H7NO3. The highest BCUT2D eigenvalue weighted by atomic mass is 16.3. The van der Waals surface area contributed by atoms with Crippen LogP contribution in [0.5, 0.6) is 11.5 Å². The highest BCUT2D eigenvalue weighted by Gasteiger charge is 2.15. The molecule has 2 aromatic heterocycles. The summed E-state index contributed by atoms with van der Waals surface area (Å²) in [5.74, 6) is 0.158. The first-order valence-corrected chi connectivity index (χ1v) is 4.17. The fraction of sp³-hybridized carbons (Fsp3) is 0. The van der Waals surface area contributed by atoms with Crippen LogP contribution in [0.15, 0.2) is 29.0 Å². The summed E-state index contributed by atoms with van der Waals surface area (Å²) in [6.07, 6.45) is 3.09. The second-order valence-corrected chi connectivity index (χ2v) is 3.13. The summed E-state index contributed by atoms with van der Waals surface area (Å²) < 4.78 is 5.08. The zero-order valence-corrected chi connectivity index (χ0v) is 7.11. The van der Waals surface area contributed by atoms with E-state index in [-0.39, 0.29) is 11.5 Å². The van der Waals surface area contributed by atoms with E-state index < -0.39 is 0 Å². The predicted octanol–water partition coefficient (Wildman–Crippen LogP) is 2.33. The van der Waals surface area contributed by atoms with Gasteiger partial charge in [-0.05, 0) is 12.1 Å². The standard InChI is InChI=1S/C10H7NO3/c12-8-5-1-3-11-7(5)9(13)10-6(8)2-4-14-10/h1-4,11-13H. The van der Waals surface area contributed by atoms with Crippen LogP contribution in [0.25, 0.3) is 21.9 Å². The fourth-order valence-electron chi connectivity index (χ4n) is 1.70. The zero-order chi connectivity index (χ0) is 9.71. The van der Waals surface area contributed by atoms with Crippen molar-refractivity contribution in [2.24, 2.45) is 0 Å². The number of aromatic nitrogens is 1. The average molecular weight is 189 g/mol. The van der Waals surface area contributed by atoms with E-state index in [0.717, 1.165) is 0 Å². The monoisotopic (exact) mass is 189 g/mol. The Kier molecular flexibility index (Phi) is 1.16. The molecule has 0 aliphatic rings. The van der Waals surface area contributed by atoms with Gasteiger partial charge in [0, 0.05) is 11.6 Å². The summed E-state index contributed by atoms with van der Waals surface area (Å²) in [5, 5.41) is 20.7. The maximum absolute atomic E-state index is 9.82. The lowest BCUT2D eigenvalue weighted by atomic mass is 10.1. The number of furan rings is 1. The maximum atomic E-state index is 9.82. The summed E-state index contributed by atoms with van der Waals surface area (Å²) in [4.78, 5) is 2.84. The number of hydrogen-bond donors (Lipinski definition) is 3. The van der Waals surface area contributed by atoms with Crippen LogP contribution in [-0.2, 0) is 0 Å². The van der Waals surface area contributed by atoms with E-state index in [2.05, 4.69) is 4.98 Å². The van der Waals surface area contributed by atoms with E-state index in [1.54, 1.807) is 18.3 Å². The van der Waals surface area contributed by atoms with Crippen LogP contribution in [0.4, 0.5) is 0 Å². The largest absolute Gasteiger partial charge is 0.506 e. The molecule has 4 heteroatoms. The van der Waals surface area contributed by atoms with Crippen LogP contribution in [0, 0.1) is 0 Å². The Hall–Kier alpha value is -2.10. The van der Waals surface area contributed by atoms with Gasteiger partial charge in [0.05, 0.1) is 17.2 Å². The van der Waals surface area contributed by atoms with E-state index in [9.17, 15) is 10.2 Å². The molecule has 0 saturated carbocycles. The molecular weight excluding hydrogens is 182 g/mol. The smallest absolute Gasteiger partial charge is 0.183 e. The molecule has 2 heterocycles. The van der Waals surface area contributed by atoms with E-state index in [1.807, 2.05) is 0 Å². The molecule has 70 valence electrons. The molecule has 1 aromatic carbocycles. The van der Waals surface area contributed by atoms with Crippen molar-refractivity contribution in [3.8, 4) is 11.5 Å². The second-order valence-electron chi connectivity index (χ2n) is 3.13. The van der Waals surface area contributed by atoms with Crippen molar-refractivity contribution in [3.05, 3.63) is 24.6 Å². The lowest BCUT2D eigenvalue weighted by Crippen LogP contribution is -1.74. The van der Waals surface area contributed by atoms with Gasteiger partial charge < -0.3 is 19.6 Å². The number of fused-ring (bicyclic) bond motifs is 2. The Morgan fingerprint density at radius 2 is 1.93 bits per heavy atom. The van der Waals surface area contributed by atoms with Gasteiger partial charge >= 0.3 is 0 Å². The van der Waals surface area contributed by atoms with E-state index >= 15 is 0 Å². The summed E-state index contributed by atoms with van der Waals surface area (Å²) in [7, 11) is 0. The summed E-state index contributed by atoms with van der Waals surface area (Å²) in [5.41, 5.74) is 0.794. The number of phenolic OH excluding ortho intramolecular Hbond substituents is 2. The van der Waals surface area contributed by atoms with Gasteiger partial charge in [-0.25, -0.2) is 0 Å². The summed E-state index contributed by atoms with van der Waals surface area (Å²) in [6.45, 7) is 0. The molecule has 0 unspecified atom stereocenters. The van der Waals surface area contributed by atoms with Gasteiger partial charge in [0.2, 0.25) is 0 Å². The fourth-order valence-corrected chi connectivity index (χ4v) is 1.70. The van der Waals surface area contributed by atoms with Gasteiger partial charge in [0.1, 0.15) is 5.75 Å². The Morgan fingerprint density at radius 3 is 2.79 bits per heavy atom. The number of H-pyrrole nitrogens is 1. The van der Waals surface area contributed by atoms with Crippen molar-refractivity contribution in [2.45, 2.75) is 0 Å². The molecule has 3 N–H and O–H groups in total. The molecule has 0 bridgehead atoms. The number of benzene rings is 1. The van der Waals surface area contributed by atoms with Crippen molar-refractivity contribution in [2.75, 3.05) is 0 Å². The molecule has 14 heavy (non-hydrogen) atoms. The van der Waals surface area contributed by atoms with Crippen molar-refractivity contribution in [1.82, 2.24) is 4.98 Å². The van der Waals surface area contributed by atoms with Gasteiger partial charge in [0.15, 0.2) is 11.3 Å². The molecule has 0 aliphatic heterocycles. The molecule has 0 atom stereocenters. The quantitative estimate of drug-likeness (QED) is 0.475. The van der Waals surface area contributed by atoms with Crippen LogP contribution in [0.2, 0.25) is 0 Å². The number of phenols is 2. The predicted molar refractivity (Wildman–Crippen MR) is 51.4 cm³/mol. The summed E-state index contributed by atoms with van der Waals surface area (Å²) in [6, 6.07) is 3.33. The van der Waals surface area contributed by atoms with Crippen molar-refractivity contribution in [3.63, 3.8) is 0 Å². The molecule has 0 saturated heterocycles. The molecule has 3 aromatic rings. The van der Waals surface area contributed by atoms with Gasteiger partial charge in [-0.2, -0.15) is 0 Å². The van der Waals surface area contributed by atoms with Crippen molar-refractivity contribution >= 4 is 21.9 Å². The third kappa shape index (κ3) is 0.682. The third-order valence-corrected chi connectivity index (χ3v) is 2.37. The molecule has 0 fully saturated rings. The first-order chi connectivity index (χ1) is 6.79. The van der Waals surface area contributed by atoms with Crippen LogP contribution in [0.3, 0.4) is 0 Å². The number of hydrogen-bond acceptors (Lipinski definition) is 3. The number of aromatic hydroxyl groups is 2. The highest BCUT2D eigenvalue weighted by molar-refractivity contribution is 6.07. The minimum atomic E-state index is 0.0304. The third-order valence-electron chi connectivity index (χ3n) is 2.37. The minimum absolute atomic E-state index is 0.0304. The molecule has 0 spiro atoms. The SMILES string of the molecule is Oc1c2cc[nH]c2c(O)c2occc12. The lowest BCUT2D eigenvalue weighted by molar-refractivity contribution is 0.465. The van der Waals surface area contributed by atoms with Gasteiger partial charge in [-0.3, -0.25) is 0 Å². The Balaban J connectivity index is 2.72. The van der Waals surface area contributed by atoms with Gasteiger partial charge in [0.25, 0.3) is 0 Å². The second kappa shape index (κ2) is 2.23. The first kappa shape index (κ1) is 7.32. The maximum Gasteiger partial charge on any atom is 0.183 e. The Morgan fingerprint density at radius 1 is 1.07 bits per heavy atom. The van der Waals surface area contributed by atoms with E-state index in [0.29, 0.717) is 21.9 Å². The topological polar surface area (TPSA) is 69.4 Å². The van der Waals surface area contributed by atoms with Gasteiger partial charge in [-0.15, -0.1) is 0 Å². The van der Waals surface area contributed by atoms with Crippen molar-refractivity contribution in [1.29, 1.82) is 0 Å². The molecule has 0 amide bonds. The Bertz CT molecular complexity index is 518. The van der Waals surface area contributed by atoms with E-state index in [1.165, 1.54) is 6.26 Å².